The van der Waals surface area contributed by atoms with Crippen LogP contribution in [0.4, 0.5) is 13.2 Å². The number of nitrogens with zero attached hydrogens (tertiary/aromatic N) is 1. The topological polar surface area (TPSA) is 109 Å². The van der Waals surface area contributed by atoms with Gasteiger partial charge in [0.15, 0.2) is 0 Å². The minimum atomic E-state index is -5.08. The number of alkyl halides is 3. The molecule has 1 amide bonds. The zero-order chi connectivity index (χ0) is 23.5. The maximum absolute atomic E-state index is 11.8. The number of halogens is 3. The molecule has 0 atom stereocenters. The number of H-pyrrole nitrogens is 1. The second-order valence-electron chi connectivity index (χ2n) is 6.88. The zero-order valence-electron chi connectivity index (χ0n) is 16.8. The van der Waals surface area contributed by atoms with Crippen LogP contribution in [0.3, 0.4) is 0 Å². The number of benzene rings is 2. The Morgan fingerprint density at radius 2 is 1.69 bits per heavy atom. The van der Waals surface area contributed by atoms with Crippen LogP contribution in [0.15, 0.2) is 66.9 Å². The van der Waals surface area contributed by atoms with Gasteiger partial charge in [0.2, 0.25) is 0 Å². The number of pyridine rings is 1. The number of aliphatic carboxylic acids is 1. The van der Waals surface area contributed by atoms with Crippen LogP contribution in [-0.4, -0.2) is 33.1 Å². The van der Waals surface area contributed by atoms with Crippen LogP contribution in [0.5, 0.6) is 0 Å². The summed E-state index contributed by atoms with van der Waals surface area (Å²) in [7, 11) is 0. The third kappa shape index (κ3) is 4.94. The fourth-order valence-corrected chi connectivity index (χ4v) is 3.06. The molecule has 0 spiro atoms. The first-order valence-corrected chi connectivity index (χ1v) is 9.32. The van der Waals surface area contributed by atoms with E-state index in [9.17, 15) is 18.0 Å². The maximum Gasteiger partial charge on any atom is 0.490 e. The van der Waals surface area contributed by atoms with Crippen molar-refractivity contribution < 1.29 is 27.9 Å². The van der Waals surface area contributed by atoms with Gasteiger partial charge in [-0.15, -0.1) is 0 Å². The molecule has 0 saturated carbocycles. The number of carbonyl (C=O) groups is 2. The third-order valence-electron chi connectivity index (χ3n) is 4.61. The number of carboxylic acids is 1. The molecule has 2 aromatic heterocycles. The first kappa shape index (κ1) is 22.5. The van der Waals surface area contributed by atoms with Gasteiger partial charge in [-0.3, -0.25) is 9.78 Å². The molecule has 0 aliphatic carbocycles. The molecule has 0 aliphatic rings. The molecular formula is C23H18F3N3O3. The summed E-state index contributed by atoms with van der Waals surface area (Å²) in [4.78, 5) is 28.5. The van der Waals surface area contributed by atoms with Crippen molar-refractivity contribution in [2.24, 2.45) is 5.73 Å². The van der Waals surface area contributed by atoms with E-state index in [4.69, 9.17) is 15.6 Å². The van der Waals surface area contributed by atoms with E-state index in [1.165, 1.54) is 5.56 Å². The van der Waals surface area contributed by atoms with Gasteiger partial charge in [-0.05, 0) is 36.8 Å². The number of fused-ring (bicyclic) bond motifs is 1. The van der Waals surface area contributed by atoms with Crippen molar-refractivity contribution >= 4 is 22.8 Å². The van der Waals surface area contributed by atoms with Gasteiger partial charge in [0, 0.05) is 22.8 Å². The number of carbonyl (C=O) groups excluding carboxylic acids is 1. The van der Waals surface area contributed by atoms with E-state index >= 15 is 0 Å². The summed E-state index contributed by atoms with van der Waals surface area (Å²) in [6.45, 7) is 2.05. The summed E-state index contributed by atoms with van der Waals surface area (Å²) in [5, 5.41) is 8.06. The summed E-state index contributed by atoms with van der Waals surface area (Å²) < 4.78 is 31.7. The van der Waals surface area contributed by atoms with Crippen LogP contribution < -0.4 is 5.73 Å². The molecule has 9 heteroatoms. The van der Waals surface area contributed by atoms with Gasteiger partial charge >= 0.3 is 12.1 Å². The van der Waals surface area contributed by atoms with E-state index in [0.29, 0.717) is 5.56 Å². The molecule has 2 heterocycles. The summed E-state index contributed by atoms with van der Waals surface area (Å²) in [5.74, 6) is -3.21. The van der Waals surface area contributed by atoms with Gasteiger partial charge in [0.05, 0.1) is 16.8 Å². The molecule has 4 aromatic rings. The first-order valence-electron chi connectivity index (χ1n) is 9.32. The van der Waals surface area contributed by atoms with Crippen molar-refractivity contribution in [3.05, 3.63) is 78.0 Å². The van der Waals surface area contributed by atoms with Crippen LogP contribution in [0.25, 0.3) is 33.4 Å². The van der Waals surface area contributed by atoms with Gasteiger partial charge in [0.1, 0.15) is 0 Å². The molecular weight excluding hydrogens is 423 g/mol. The molecule has 6 nitrogen and oxygen atoms in total. The van der Waals surface area contributed by atoms with E-state index in [0.717, 1.165) is 33.4 Å². The van der Waals surface area contributed by atoms with Gasteiger partial charge < -0.3 is 15.8 Å². The Morgan fingerprint density at radius 1 is 1.03 bits per heavy atom. The number of aryl methyl sites for hydroxylation is 1. The summed E-state index contributed by atoms with van der Waals surface area (Å²) in [6, 6.07) is 19.7. The number of hydrogen-bond acceptors (Lipinski definition) is 3. The van der Waals surface area contributed by atoms with Crippen LogP contribution in [-0.2, 0) is 4.79 Å². The van der Waals surface area contributed by atoms with E-state index in [1.807, 2.05) is 24.3 Å². The fourth-order valence-electron chi connectivity index (χ4n) is 3.06. The first-order chi connectivity index (χ1) is 15.1. The number of primary amides is 1. The molecule has 32 heavy (non-hydrogen) atoms. The van der Waals surface area contributed by atoms with E-state index in [1.54, 1.807) is 12.3 Å². The number of aromatic nitrogens is 2. The van der Waals surface area contributed by atoms with E-state index in [2.05, 4.69) is 47.2 Å². The lowest BCUT2D eigenvalue weighted by Gasteiger charge is -2.05. The van der Waals surface area contributed by atoms with Crippen LogP contribution in [0.2, 0.25) is 0 Å². The Balaban J connectivity index is 0.000000360. The van der Waals surface area contributed by atoms with Crippen molar-refractivity contribution in [3.8, 4) is 22.5 Å². The Bertz CT molecular complexity index is 1260. The van der Waals surface area contributed by atoms with Gasteiger partial charge in [-0.1, -0.05) is 42.0 Å². The van der Waals surface area contributed by atoms with Crippen molar-refractivity contribution in [2.45, 2.75) is 13.1 Å². The Kier molecular flexibility index (Phi) is 6.29. The monoisotopic (exact) mass is 441 g/mol. The van der Waals surface area contributed by atoms with Gasteiger partial charge in [-0.2, -0.15) is 13.2 Å². The summed E-state index contributed by atoms with van der Waals surface area (Å²) >= 11 is 0. The lowest BCUT2D eigenvalue weighted by molar-refractivity contribution is -0.192. The second kappa shape index (κ2) is 8.93. The number of nitrogens with two attached hydrogens (primary N) is 1. The standard InChI is InChI=1S/C21H17N3O.C2HF3O2/c1-13-5-7-14(8-6-13)19-12-17-15(18-4-2-3-11-23-18)9-10-16(21(22)25)20(17)24-19;3-2(4,5)1(6)7/h2-12,24H,1H3,(H2,22,25);(H,6,7). The minimum absolute atomic E-state index is 0.449. The molecule has 0 aliphatic heterocycles. The summed E-state index contributed by atoms with van der Waals surface area (Å²) in [6.07, 6.45) is -3.32. The Hall–Kier alpha value is -4.14. The predicted molar refractivity (Wildman–Crippen MR) is 114 cm³/mol. The van der Waals surface area contributed by atoms with Crippen LogP contribution >= 0.6 is 0 Å². The number of carboxylic acid groups (broad SMARTS) is 1. The minimum Gasteiger partial charge on any atom is -0.475 e. The number of rotatable bonds is 3. The lowest BCUT2D eigenvalue weighted by atomic mass is 10.0. The van der Waals surface area contributed by atoms with Gasteiger partial charge in [0.25, 0.3) is 5.91 Å². The molecule has 164 valence electrons. The average molecular weight is 441 g/mol. The predicted octanol–water partition coefficient (Wildman–Crippen LogP) is 4.94. The van der Waals surface area contributed by atoms with Crippen molar-refractivity contribution in [1.82, 2.24) is 9.97 Å². The van der Waals surface area contributed by atoms with Crippen molar-refractivity contribution in [3.63, 3.8) is 0 Å². The van der Waals surface area contributed by atoms with E-state index < -0.39 is 18.1 Å². The number of nitrogens with one attached hydrogen (secondary N) is 1. The molecule has 0 bridgehead atoms. The largest absolute Gasteiger partial charge is 0.490 e. The summed E-state index contributed by atoms with van der Waals surface area (Å²) in [5.41, 5.74) is 11.8. The quantitative estimate of drug-likeness (QED) is 0.418. The van der Waals surface area contributed by atoms with Crippen molar-refractivity contribution in [2.75, 3.05) is 0 Å². The molecule has 0 radical (unpaired) electrons. The highest BCUT2D eigenvalue weighted by molar-refractivity contribution is 6.10. The highest BCUT2D eigenvalue weighted by atomic mass is 19.4. The molecule has 0 saturated heterocycles. The molecule has 0 fully saturated rings. The van der Waals surface area contributed by atoms with Crippen molar-refractivity contribution in [1.29, 1.82) is 0 Å². The maximum atomic E-state index is 11.8. The SMILES string of the molecule is Cc1ccc(-c2cc3c(-c4ccccn4)ccc(C(N)=O)c3[nH]2)cc1.O=C(O)C(F)(F)F. The van der Waals surface area contributed by atoms with E-state index in [-0.39, 0.29) is 0 Å². The highest BCUT2D eigenvalue weighted by Crippen LogP contribution is 2.33. The molecule has 4 N–H and O–H groups in total. The number of amides is 1. The molecule has 4 rings (SSSR count). The fraction of sp³-hybridized carbons (Fsp3) is 0.0870. The number of hydrogen-bond donors (Lipinski definition) is 3. The van der Waals surface area contributed by atoms with Gasteiger partial charge in [-0.25, -0.2) is 4.79 Å². The molecule has 0 unspecified atom stereocenters. The average Bonchev–Trinajstić information content (AvgIpc) is 3.19. The van der Waals surface area contributed by atoms with Crippen LogP contribution in [0, 0.1) is 6.92 Å². The third-order valence-corrected chi connectivity index (χ3v) is 4.61. The normalized spacial score (nSPS) is 11.0. The smallest absolute Gasteiger partial charge is 0.475 e. The number of aromatic amines is 1. The molecule has 2 aromatic carbocycles. The van der Waals surface area contributed by atoms with Crippen LogP contribution in [0.1, 0.15) is 15.9 Å². The highest BCUT2D eigenvalue weighted by Gasteiger charge is 2.38. The second-order valence-corrected chi connectivity index (χ2v) is 6.88. The Labute approximate surface area is 180 Å². The Morgan fingerprint density at radius 3 is 2.22 bits per heavy atom. The lowest BCUT2D eigenvalue weighted by Crippen LogP contribution is -2.21. The zero-order valence-corrected chi connectivity index (χ0v) is 16.8.